The number of aliphatic hydroxyl groups is 3. The van der Waals surface area contributed by atoms with E-state index in [1.54, 1.807) is 0 Å². The first-order valence-electron chi connectivity index (χ1n) is 9.76. The smallest absolute Gasteiger partial charge is 0.164 e. The summed E-state index contributed by atoms with van der Waals surface area (Å²) in [5.41, 5.74) is 2.54. The van der Waals surface area contributed by atoms with Crippen LogP contribution in [0.15, 0.2) is 91.0 Å². The predicted octanol–water partition coefficient (Wildman–Crippen LogP) is 3.08. The van der Waals surface area contributed by atoms with Crippen molar-refractivity contribution in [2.24, 2.45) is 0 Å². The molecule has 0 aliphatic rings. The number of ketones is 1. The Kier molecular flexibility index (Phi) is 6.94. The highest BCUT2D eigenvalue weighted by atomic mass is 16.4. The summed E-state index contributed by atoms with van der Waals surface area (Å²) < 4.78 is 0. The minimum Gasteiger partial charge on any atom is -0.394 e. The Balaban J connectivity index is 2.09. The third kappa shape index (κ3) is 4.46. The third-order valence-electron chi connectivity index (χ3n) is 5.43. The highest BCUT2D eigenvalue weighted by molar-refractivity contribution is 5.83. The van der Waals surface area contributed by atoms with Gasteiger partial charge < -0.3 is 15.3 Å². The van der Waals surface area contributed by atoms with Crippen LogP contribution >= 0.6 is 0 Å². The average molecular weight is 390 g/mol. The fourth-order valence-electron chi connectivity index (χ4n) is 3.87. The summed E-state index contributed by atoms with van der Waals surface area (Å²) in [4.78, 5) is 12.6. The lowest BCUT2D eigenvalue weighted by atomic mass is 9.66. The van der Waals surface area contributed by atoms with Gasteiger partial charge in [0.2, 0.25) is 0 Å². The van der Waals surface area contributed by atoms with Crippen molar-refractivity contribution in [3.63, 3.8) is 0 Å². The van der Waals surface area contributed by atoms with Gasteiger partial charge in [-0.3, -0.25) is 4.79 Å². The van der Waals surface area contributed by atoms with Crippen molar-refractivity contribution in [3.05, 3.63) is 108 Å². The summed E-state index contributed by atoms with van der Waals surface area (Å²) in [6.45, 7) is -0.659. The lowest BCUT2D eigenvalue weighted by molar-refractivity contribution is -0.134. The molecular weight excluding hydrogens is 364 g/mol. The van der Waals surface area contributed by atoms with E-state index in [-0.39, 0.29) is 6.42 Å². The molecule has 29 heavy (non-hydrogen) atoms. The van der Waals surface area contributed by atoms with Crippen LogP contribution in [-0.2, 0) is 10.2 Å². The molecule has 0 saturated carbocycles. The predicted molar refractivity (Wildman–Crippen MR) is 113 cm³/mol. The third-order valence-corrected chi connectivity index (χ3v) is 5.43. The van der Waals surface area contributed by atoms with Gasteiger partial charge in [-0.2, -0.15) is 0 Å². The van der Waals surface area contributed by atoms with Crippen molar-refractivity contribution in [1.29, 1.82) is 0 Å². The van der Waals surface area contributed by atoms with Gasteiger partial charge in [0.15, 0.2) is 5.78 Å². The van der Waals surface area contributed by atoms with Gasteiger partial charge in [-0.25, -0.2) is 0 Å². The summed E-state index contributed by atoms with van der Waals surface area (Å²) in [5.74, 6) is -0.487. The lowest BCUT2D eigenvalue weighted by Crippen LogP contribution is -2.38. The van der Waals surface area contributed by atoms with E-state index in [9.17, 15) is 15.0 Å². The van der Waals surface area contributed by atoms with E-state index in [1.807, 2.05) is 91.0 Å². The number of hydrogen-bond acceptors (Lipinski definition) is 4. The van der Waals surface area contributed by atoms with Gasteiger partial charge in [0, 0.05) is 11.8 Å². The molecule has 2 unspecified atom stereocenters. The van der Waals surface area contributed by atoms with Gasteiger partial charge in [0.1, 0.15) is 12.2 Å². The molecule has 3 N–H and O–H groups in total. The number of carbonyl (C=O) groups excluding carboxylic acids is 1. The van der Waals surface area contributed by atoms with Crippen LogP contribution in [-0.4, -0.2) is 39.9 Å². The summed E-state index contributed by atoms with van der Waals surface area (Å²) >= 11 is 0. The first-order chi connectivity index (χ1) is 14.1. The molecule has 0 radical (unpaired) electrons. The van der Waals surface area contributed by atoms with Crippen LogP contribution in [0.4, 0.5) is 0 Å². The van der Waals surface area contributed by atoms with Crippen LogP contribution in [0.25, 0.3) is 0 Å². The summed E-state index contributed by atoms with van der Waals surface area (Å²) in [7, 11) is 0. The van der Waals surface area contributed by atoms with Crippen molar-refractivity contribution in [2.45, 2.75) is 30.5 Å². The second-order valence-electron chi connectivity index (χ2n) is 7.16. The Bertz CT molecular complexity index is 797. The topological polar surface area (TPSA) is 77.8 Å². The molecule has 0 amide bonds. The van der Waals surface area contributed by atoms with Gasteiger partial charge in [-0.15, -0.1) is 0 Å². The molecule has 0 aromatic heterocycles. The van der Waals surface area contributed by atoms with E-state index in [4.69, 9.17) is 5.11 Å². The number of rotatable bonds is 9. The zero-order chi connectivity index (χ0) is 20.7. The normalized spacial score (nSPS) is 13.6. The number of hydrogen-bond donors (Lipinski definition) is 3. The molecule has 4 heteroatoms. The maximum atomic E-state index is 12.6. The van der Waals surface area contributed by atoms with E-state index >= 15 is 0 Å². The Labute approximate surface area is 171 Å². The Hall–Kier alpha value is -2.79. The molecule has 0 fully saturated rings. The van der Waals surface area contributed by atoms with E-state index in [2.05, 4.69) is 0 Å². The summed E-state index contributed by atoms with van der Waals surface area (Å²) in [5, 5.41) is 28.7. The van der Waals surface area contributed by atoms with Gasteiger partial charge in [0.25, 0.3) is 0 Å². The molecule has 0 heterocycles. The number of carbonyl (C=O) groups is 1. The van der Waals surface area contributed by atoms with Crippen LogP contribution in [0.1, 0.15) is 29.5 Å². The second kappa shape index (κ2) is 9.61. The largest absolute Gasteiger partial charge is 0.394 e. The fraction of sp³-hybridized carbons (Fsp3) is 0.240. The molecule has 4 nitrogen and oxygen atoms in total. The van der Waals surface area contributed by atoms with Crippen LogP contribution < -0.4 is 0 Å². The average Bonchev–Trinajstić information content (AvgIpc) is 2.80. The first kappa shape index (κ1) is 20.9. The van der Waals surface area contributed by atoms with Crippen molar-refractivity contribution in [2.75, 3.05) is 6.61 Å². The molecule has 0 aliphatic carbocycles. The minimum absolute atomic E-state index is 0.0525. The number of aliphatic hydroxyl groups excluding tert-OH is 3. The molecule has 3 aromatic carbocycles. The van der Waals surface area contributed by atoms with Crippen LogP contribution in [0.5, 0.6) is 0 Å². The zero-order valence-corrected chi connectivity index (χ0v) is 16.2. The standard InChI is InChI=1S/C25H26O4/c26-18-23(28)24(29)22(27)16-17-25(19-10-4-1-5-11-19,20-12-6-2-7-13-20)21-14-8-3-9-15-21/h1-15,23-24,26,28-29H,16-18H2. The maximum Gasteiger partial charge on any atom is 0.164 e. The van der Waals surface area contributed by atoms with Crippen LogP contribution in [0.3, 0.4) is 0 Å². The van der Waals surface area contributed by atoms with E-state index < -0.39 is 30.0 Å². The molecule has 0 saturated heterocycles. The zero-order valence-electron chi connectivity index (χ0n) is 16.2. The van der Waals surface area contributed by atoms with E-state index in [1.165, 1.54) is 0 Å². The molecule has 0 spiro atoms. The van der Waals surface area contributed by atoms with Crippen LogP contribution in [0, 0.1) is 0 Å². The van der Waals surface area contributed by atoms with Gasteiger partial charge >= 0.3 is 0 Å². The quantitative estimate of drug-likeness (QED) is 0.491. The SMILES string of the molecule is O=C(CCC(c1ccccc1)(c1ccccc1)c1ccccc1)C(O)C(O)CO. The number of Topliss-reactive ketones (excluding diaryl/α,β-unsaturated/α-hetero) is 1. The Morgan fingerprint density at radius 1 is 0.724 bits per heavy atom. The molecule has 150 valence electrons. The van der Waals surface area contributed by atoms with Gasteiger partial charge in [-0.1, -0.05) is 91.0 Å². The Morgan fingerprint density at radius 3 is 1.45 bits per heavy atom. The van der Waals surface area contributed by atoms with Crippen molar-refractivity contribution in [1.82, 2.24) is 0 Å². The van der Waals surface area contributed by atoms with Gasteiger partial charge in [-0.05, 0) is 23.1 Å². The highest BCUT2D eigenvalue weighted by Crippen LogP contribution is 2.43. The maximum absolute atomic E-state index is 12.6. The molecular formula is C25H26O4. The molecule has 3 aromatic rings. The van der Waals surface area contributed by atoms with Gasteiger partial charge in [0.05, 0.1) is 6.61 Å². The Morgan fingerprint density at radius 2 is 1.10 bits per heavy atom. The summed E-state index contributed by atoms with van der Waals surface area (Å²) in [6, 6.07) is 30.0. The first-order valence-corrected chi connectivity index (χ1v) is 9.76. The minimum atomic E-state index is -1.60. The monoisotopic (exact) mass is 390 g/mol. The highest BCUT2D eigenvalue weighted by Gasteiger charge is 2.37. The molecule has 3 rings (SSSR count). The molecule has 0 aliphatic heterocycles. The van der Waals surface area contributed by atoms with Crippen molar-refractivity contribution in [3.8, 4) is 0 Å². The summed E-state index contributed by atoms with van der Waals surface area (Å²) in [6.07, 6.45) is -2.60. The number of benzene rings is 3. The van der Waals surface area contributed by atoms with Crippen LogP contribution in [0.2, 0.25) is 0 Å². The second-order valence-corrected chi connectivity index (χ2v) is 7.16. The molecule has 2 atom stereocenters. The lowest BCUT2D eigenvalue weighted by Gasteiger charge is -2.36. The van der Waals surface area contributed by atoms with E-state index in [0.717, 1.165) is 16.7 Å². The fourth-order valence-corrected chi connectivity index (χ4v) is 3.87. The van der Waals surface area contributed by atoms with E-state index in [0.29, 0.717) is 6.42 Å². The van der Waals surface area contributed by atoms with Crippen molar-refractivity contribution < 1.29 is 20.1 Å². The molecule has 0 bridgehead atoms. The van der Waals surface area contributed by atoms with Crippen molar-refractivity contribution >= 4 is 5.78 Å².